The molecule has 116 valence electrons. The molecule has 23 heavy (non-hydrogen) atoms. The lowest BCUT2D eigenvalue weighted by atomic mass is 10.1. The summed E-state index contributed by atoms with van der Waals surface area (Å²) in [4.78, 5) is 12.0. The highest BCUT2D eigenvalue weighted by atomic mass is 16.5. The molecule has 0 bridgehead atoms. The maximum Gasteiger partial charge on any atom is 0.358 e. The number of rotatable bonds is 4. The van der Waals surface area contributed by atoms with Gasteiger partial charge in [0.25, 0.3) is 0 Å². The molecule has 0 saturated carbocycles. The number of carbonyl (C=O) groups excluding carboxylic acids is 1. The van der Waals surface area contributed by atoms with Crippen molar-refractivity contribution in [1.29, 1.82) is 0 Å². The first kappa shape index (κ1) is 14.8. The summed E-state index contributed by atoms with van der Waals surface area (Å²) in [5.74, 6) is -0.401. The summed E-state index contributed by atoms with van der Waals surface area (Å²) in [6.45, 7) is 2.03. The Morgan fingerprint density at radius 3 is 2.52 bits per heavy atom. The van der Waals surface area contributed by atoms with Crippen LogP contribution in [0.2, 0.25) is 0 Å². The molecule has 3 rings (SSSR count). The van der Waals surface area contributed by atoms with E-state index in [0.717, 1.165) is 5.56 Å². The van der Waals surface area contributed by atoms with Gasteiger partial charge in [-0.25, -0.2) is 9.48 Å². The largest absolute Gasteiger partial charge is 0.506 e. The van der Waals surface area contributed by atoms with Gasteiger partial charge in [0, 0.05) is 5.56 Å². The zero-order valence-corrected chi connectivity index (χ0v) is 12.6. The monoisotopic (exact) mass is 308 g/mol. The molecule has 0 aliphatic heterocycles. The normalized spacial score (nSPS) is 10.5. The van der Waals surface area contributed by atoms with Crippen molar-refractivity contribution in [1.82, 2.24) is 9.78 Å². The molecule has 1 aromatic heterocycles. The van der Waals surface area contributed by atoms with Crippen molar-refractivity contribution in [3.8, 4) is 22.7 Å². The van der Waals surface area contributed by atoms with Crippen LogP contribution in [0.3, 0.4) is 0 Å². The lowest BCUT2D eigenvalue weighted by Crippen LogP contribution is -2.06. The van der Waals surface area contributed by atoms with Crippen molar-refractivity contribution in [2.75, 3.05) is 6.61 Å². The van der Waals surface area contributed by atoms with E-state index in [1.54, 1.807) is 41.9 Å². The number of aromatic hydroxyl groups is 1. The molecule has 0 spiro atoms. The average Bonchev–Trinajstić information content (AvgIpc) is 3.01. The summed E-state index contributed by atoms with van der Waals surface area (Å²) in [5, 5.41) is 14.4. The van der Waals surface area contributed by atoms with Crippen molar-refractivity contribution < 1.29 is 14.6 Å². The van der Waals surface area contributed by atoms with Crippen LogP contribution in [-0.2, 0) is 4.74 Å². The average molecular weight is 308 g/mol. The highest BCUT2D eigenvalue weighted by Gasteiger charge is 2.18. The van der Waals surface area contributed by atoms with Gasteiger partial charge in [0.15, 0.2) is 5.69 Å². The minimum atomic E-state index is -0.487. The van der Waals surface area contributed by atoms with E-state index in [-0.39, 0.29) is 18.1 Å². The molecule has 5 nitrogen and oxygen atoms in total. The summed E-state index contributed by atoms with van der Waals surface area (Å²) in [7, 11) is 0. The number of esters is 1. The Kier molecular flexibility index (Phi) is 4.10. The number of para-hydroxylation sites is 2. The number of ether oxygens (including phenoxy) is 1. The van der Waals surface area contributed by atoms with Gasteiger partial charge in [-0.2, -0.15) is 5.10 Å². The second-order valence-electron chi connectivity index (χ2n) is 4.90. The summed E-state index contributed by atoms with van der Waals surface area (Å²) in [6, 6.07) is 18.1. The molecule has 0 fully saturated rings. The van der Waals surface area contributed by atoms with E-state index in [2.05, 4.69) is 5.10 Å². The Balaban J connectivity index is 2.17. The van der Waals surface area contributed by atoms with Crippen LogP contribution in [0.15, 0.2) is 60.7 Å². The summed E-state index contributed by atoms with van der Waals surface area (Å²) in [6.07, 6.45) is 0. The first-order valence-corrected chi connectivity index (χ1v) is 7.31. The Morgan fingerprint density at radius 1 is 1.13 bits per heavy atom. The van der Waals surface area contributed by atoms with Crippen molar-refractivity contribution in [3.05, 3.63) is 66.4 Å². The number of phenolic OH excluding ortho intramolecular Hbond substituents is 1. The third kappa shape index (κ3) is 2.94. The number of carbonyl (C=O) groups is 1. The van der Waals surface area contributed by atoms with Gasteiger partial charge in [-0.05, 0) is 25.1 Å². The zero-order valence-electron chi connectivity index (χ0n) is 12.6. The van der Waals surface area contributed by atoms with Crippen LogP contribution in [-0.4, -0.2) is 27.5 Å². The molecule has 1 heterocycles. The van der Waals surface area contributed by atoms with E-state index in [4.69, 9.17) is 4.74 Å². The van der Waals surface area contributed by atoms with E-state index in [0.29, 0.717) is 11.4 Å². The van der Waals surface area contributed by atoms with Crippen molar-refractivity contribution >= 4 is 5.97 Å². The molecule has 0 amide bonds. The van der Waals surface area contributed by atoms with E-state index >= 15 is 0 Å². The lowest BCUT2D eigenvalue weighted by molar-refractivity contribution is 0.0519. The summed E-state index contributed by atoms with van der Waals surface area (Å²) >= 11 is 0. The van der Waals surface area contributed by atoms with Crippen LogP contribution < -0.4 is 0 Å². The second kappa shape index (κ2) is 6.36. The molecule has 2 aromatic carbocycles. The second-order valence-corrected chi connectivity index (χ2v) is 4.90. The van der Waals surface area contributed by atoms with Crippen molar-refractivity contribution in [2.45, 2.75) is 6.92 Å². The number of hydrogen-bond donors (Lipinski definition) is 1. The minimum absolute atomic E-state index is 0.0863. The number of benzene rings is 2. The topological polar surface area (TPSA) is 64.3 Å². The molecular weight excluding hydrogens is 292 g/mol. The van der Waals surface area contributed by atoms with Crippen LogP contribution in [0, 0.1) is 0 Å². The quantitative estimate of drug-likeness (QED) is 0.750. The van der Waals surface area contributed by atoms with Crippen LogP contribution in [0.5, 0.6) is 5.75 Å². The fourth-order valence-electron chi connectivity index (χ4n) is 2.33. The van der Waals surface area contributed by atoms with Gasteiger partial charge >= 0.3 is 5.97 Å². The molecule has 5 heteroatoms. The van der Waals surface area contributed by atoms with E-state index in [9.17, 15) is 9.90 Å². The maximum atomic E-state index is 12.0. The molecule has 3 aromatic rings. The standard InChI is InChI=1S/C18H16N2O3/c1-2-23-18(22)14-12-16(13-8-4-3-5-9-13)20(19-14)15-10-6-7-11-17(15)21/h3-12,21H,2H2,1H3. The minimum Gasteiger partial charge on any atom is -0.506 e. The third-order valence-electron chi connectivity index (χ3n) is 3.37. The fraction of sp³-hybridized carbons (Fsp3) is 0.111. The Hall–Kier alpha value is -3.08. The summed E-state index contributed by atoms with van der Waals surface area (Å²) < 4.78 is 6.57. The number of hydrogen-bond acceptors (Lipinski definition) is 4. The Labute approximate surface area is 133 Å². The maximum absolute atomic E-state index is 12.0. The molecule has 0 aliphatic rings. The Morgan fingerprint density at radius 2 is 1.83 bits per heavy atom. The molecule has 1 N–H and O–H groups in total. The number of nitrogens with zero attached hydrogens (tertiary/aromatic N) is 2. The number of aromatic nitrogens is 2. The van der Waals surface area contributed by atoms with Crippen LogP contribution in [0.25, 0.3) is 16.9 Å². The highest BCUT2D eigenvalue weighted by molar-refractivity contribution is 5.89. The van der Waals surface area contributed by atoms with E-state index < -0.39 is 5.97 Å². The first-order valence-electron chi connectivity index (χ1n) is 7.31. The predicted molar refractivity (Wildman–Crippen MR) is 86.6 cm³/mol. The van der Waals surface area contributed by atoms with Gasteiger partial charge < -0.3 is 9.84 Å². The third-order valence-corrected chi connectivity index (χ3v) is 3.37. The van der Waals surface area contributed by atoms with Crippen LogP contribution in [0.4, 0.5) is 0 Å². The molecule has 0 unspecified atom stereocenters. The smallest absolute Gasteiger partial charge is 0.358 e. The number of phenols is 1. The predicted octanol–water partition coefficient (Wildman–Crippen LogP) is 3.42. The molecule has 0 aliphatic carbocycles. The van der Waals surface area contributed by atoms with E-state index in [1.165, 1.54) is 0 Å². The molecule has 0 radical (unpaired) electrons. The summed E-state index contributed by atoms with van der Waals surface area (Å²) in [5.41, 5.74) is 2.30. The van der Waals surface area contributed by atoms with Crippen LogP contribution in [0.1, 0.15) is 17.4 Å². The van der Waals surface area contributed by atoms with Crippen molar-refractivity contribution in [3.63, 3.8) is 0 Å². The SMILES string of the molecule is CCOC(=O)c1cc(-c2ccccc2)n(-c2ccccc2O)n1. The van der Waals surface area contributed by atoms with Crippen LogP contribution >= 0.6 is 0 Å². The molecule has 0 atom stereocenters. The highest BCUT2D eigenvalue weighted by Crippen LogP contribution is 2.28. The van der Waals surface area contributed by atoms with E-state index in [1.807, 2.05) is 30.3 Å². The van der Waals surface area contributed by atoms with Gasteiger partial charge in [0.2, 0.25) is 0 Å². The van der Waals surface area contributed by atoms with Crippen molar-refractivity contribution in [2.24, 2.45) is 0 Å². The van der Waals surface area contributed by atoms with Gasteiger partial charge in [0.1, 0.15) is 11.4 Å². The fourth-order valence-corrected chi connectivity index (χ4v) is 2.33. The van der Waals surface area contributed by atoms with Gasteiger partial charge in [-0.3, -0.25) is 0 Å². The van der Waals surface area contributed by atoms with Gasteiger partial charge in [-0.1, -0.05) is 42.5 Å². The van der Waals surface area contributed by atoms with Gasteiger partial charge in [0.05, 0.1) is 12.3 Å². The first-order chi connectivity index (χ1) is 11.2. The van der Waals surface area contributed by atoms with Gasteiger partial charge in [-0.15, -0.1) is 0 Å². The lowest BCUT2D eigenvalue weighted by Gasteiger charge is -2.09. The molecule has 0 saturated heterocycles. The zero-order chi connectivity index (χ0) is 16.2. The molecular formula is C18H16N2O3. The Bertz CT molecular complexity index is 825.